The van der Waals surface area contributed by atoms with Gasteiger partial charge in [-0.15, -0.1) is 0 Å². The molecule has 1 heterocycles. The van der Waals surface area contributed by atoms with Gasteiger partial charge in [-0.05, 0) is 54.3 Å². The van der Waals surface area contributed by atoms with Crippen LogP contribution >= 0.6 is 0 Å². The molecule has 6 nitrogen and oxygen atoms in total. The van der Waals surface area contributed by atoms with Crippen LogP contribution in [-0.4, -0.2) is 29.0 Å². The SMILES string of the molecule is CNC(=O)c1ccc(COc2ccc3[nH]c4c(c3c2)CCC4CC(=O)O)cc1C(F)(F)F. The number of carboxylic acids is 1. The van der Waals surface area contributed by atoms with Crippen LogP contribution in [0.25, 0.3) is 10.9 Å². The van der Waals surface area contributed by atoms with Crippen molar-refractivity contribution in [3.05, 3.63) is 64.3 Å². The van der Waals surface area contributed by atoms with Crippen molar-refractivity contribution in [1.29, 1.82) is 0 Å². The minimum absolute atomic E-state index is 0.0566. The molecule has 0 spiro atoms. The number of aromatic amines is 1. The Morgan fingerprint density at radius 1 is 1.22 bits per heavy atom. The van der Waals surface area contributed by atoms with Gasteiger partial charge in [-0.25, -0.2) is 0 Å². The number of aromatic nitrogens is 1. The molecule has 9 heteroatoms. The fraction of sp³-hybridized carbons (Fsp3) is 0.304. The normalized spacial score (nSPS) is 15.6. The van der Waals surface area contributed by atoms with Gasteiger partial charge in [0.05, 0.1) is 17.5 Å². The molecule has 0 fully saturated rings. The number of alkyl halides is 3. The fourth-order valence-corrected chi connectivity index (χ4v) is 4.25. The molecule has 0 bridgehead atoms. The lowest BCUT2D eigenvalue weighted by molar-refractivity contribution is -0.138. The molecule has 1 amide bonds. The van der Waals surface area contributed by atoms with Gasteiger partial charge < -0.3 is 20.1 Å². The lowest BCUT2D eigenvalue weighted by atomic mass is 10.0. The van der Waals surface area contributed by atoms with E-state index in [0.717, 1.165) is 47.1 Å². The van der Waals surface area contributed by atoms with E-state index in [9.17, 15) is 22.8 Å². The number of H-pyrrole nitrogens is 1. The third-order valence-electron chi connectivity index (χ3n) is 5.75. The summed E-state index contributed by atoms with van der Waals surface area (Å²) in [5.74, 6) is -1.22. The highest BCUT2D eigenvalue weighted by atomic mass is 19.4. The smallest absolute Gasteiger partial charge is 0.417 e. The summed E-state index contributed by atoms with van der Waals surface area (Å²) in [5, 5.41) is 12.2. The molecule has 1 aliphatic rings. The van der Waals surface area contributed by atoms with E-state index in [-0.39, 0.29) is 24.5 Å². The molecule has 4 rings (SSSR count). The minimum Gasteiger partial charge on any atom is -0.489 e. The number of amides is 1. The number of hydrogen-bond acceptors (Lipinski definition) is 3. The van der Waals surface area contributed by atoms with Gasteiger partial charge in [-0.2, -0.15) is 13.2 Å². The predicted molar refractivity (Wildman–Crippen MR) is 111 cm³/mol. The molecule has 0 saturated heterocycles. The van der Waals surface area contributed by atoms with Crippen LogP contribution in [0.4, 0.5) is 13.2 Å². The first-order valence-corrected chi connectivity index (χ1v) is 10.1. The van der Waals surface area contributed by atoms with Crippen LogP contribution < -0.4 is 10.1 Å². The molecular formula is C23H21F3N2O4. The molecule has 32 heavy (non-hydrogen) atoms. The number of rotatable bonds is 6. The minimum atomic E-state index is -4.67. The summed E-state index contributed by atoms with van der Waals surface area (Å²) in [7, 11) is 1.28. The highest BCUT2D eigenvalue weighted by Gasteiger charge is 2.35. The van der Waals surface area contributed by atoms with Crippen LogP contribution in [0.15, 0.2) is 36.4 Å². The predicted octanol–water partition coefficient (Wildman–Crippen LogP) is 4.63. The number of halogens is 3. The lowest BCUT2D eigenvalue weighted by Crippen LogP contribution is -2.22. The van der Waals surface area contributed by atoms with Gasteiger partial charge in [0.25, 0.3) is 5.91 Å². The van der Waals surface area contributed by atoms with Crippen molar-refractivity contribution in [1.82, 2.24) is 10.3 Å². The van der Waals surface area contributed by atoms with Crippen molar-refractivity contribution >= 4 is 22.8 Å². The number of hydrogen-bond donors (Lipinski definition) is 3. The van der Waals surface area contributed by atoms with Gasteiger partial charge in [0.15, 0.2) is 0 Å². The number of carbonyl (C=O) groups excluding carboxylic acids is 1. The number of nitrogens with one attached hydrogen (secondary N) is 2. The highest BCUT2D eigenvalue weighted by molar-refractivity contribution is 5.95. The zero-order valence-electron chi connectivity index (χ0n) is 17.2. The van der Waals surface area contributed by atoms with Gasteiger partial charge >= 0.3 is 12.1 Å². The number of carbonyl (C=O) groups is 2. The van der Waals surface area contributed by atoms with Crippen molar-refractivity contribution in [2.24, 2.45) is 0 Å². The highest BCUT2D eigenvalue weighted by Crippen LogP contribution is 2.40. The second-order valence-corrected chi connectivity index (χ2v) is 7.80. The first-order valence-electron chi connectivity index (χ1n) is 10.1. The Morgan fingerprint density at radius 2 is 2.00 bits per heavy atom. The first kappa shape index (κ1) is 21.7. The van der Waals surface area contributed by atoms with E-state index in [2.05, 4.69) is 10.3 Å². The molecule has 1 unspecified atom stereocenters. The van der Waals surface area contributed by atoms with E-state index in [1.54, 1.807) is 6.07 Å². The number of aryl methyl sites for hydroxylation is 1. The van der Waals surface area contributed by atoms with Gasteiger partial charge in [0, 0.05) is 29.6 Å². The number of carboxylic acid groups (broad SMARTS) is 1. The molecule has 3 N–H and O–H groups in total. The summed E-state index contributed by atoms with van der Waals surface area (Å²) in [6, 6.07) is 8.85. The van der Waals surface area contributed by atoms with E-state index in [1.807, 2.05) is 12.1 Å². The molecule has 1 atom stereocenters. The molecule has 2 aromatic carbocycles. The molecular weight excluding hydrogens is 425 g/mol. The largest absolute Gasteiger partial charge is 0.489 e. The summed E-state index contributed by atoms with van der Waals surface area (Å²) < 4.78 is 46.0. The monoisotopic (exact) mass is 446 g/mol. The van der Waals surface area contributed by atoms with Crippen LogP contribution in [0.1, 0.15) is 51.5 Å². The van der Waals surface area contributed by atoms with Crippen molar-refractivity contribution in [2.75, 3.05) is 7.05 Å². The Bertz CT molecular complexity index is 1200. The van der Waals surface area contributed by atoms with Crippen molar-refractivity contribution in [3.63, 3.8) is 0 Å². The third-order valence-corrected chi connectivity index (χ3v) is 5.75. The fourth-order valence-electron chi connectivity index (χ4n) is 4.25. The summed E-state index contributed by atoms with van der Waals surface area (Å²) in [4.78, 5) is 26.2. The number of fused-ring (bicyclic) bond motifs is 3. The molecule has 0 aliphatic heterocycles. The maximum absolute atomic E-state index is 13.4. The quantitative estimate of drug-likeness (QED) is 0.515. The zero-order chi connectivity index (χ0) is 23.0. The summed E-state index contributed by atoms with van der Waals surface area (Å²) in [6.07, 6.45) is -3.09. The van der Waals surface area contributed by atoms with Gasteiger partial charge in [0.2, 0.25) is 0 Å². The average Bonchev–Trinajstić information content (AvgIpc) is 3.30. The molecule has 3 aromatic rings. The number of ether oxygens (including phenoxy) is 1. The molecule has 0 radical (unpaired) electrons. The molecule has 0 saturated carbocycles. The Kier molecular flexibility index (Phi) is 5.58. The van der Waals surface area contributed by atoms with Crippen molar-refractivity contribution < 1.29 is 32.6 Å². The first-order chi connectivity index (χ1) is 15.2. The Balaban J connectivity index is 1.56. The molecule has 168 valence electrons. The summed E-state index contributed by atoms with van der Waals surface area (Å²) in [5.41, 5.74) is 1.69. The average molecular weight is 446 g/mol. The maximum atomic E-state index is 13.4. The van der Waals surface area contributed by atoms with Gasteiger partial charge in [-0.1, -0.05) is 6.07 Å². The zero-order valence-corrected chi connectivity index (χ0v) is 17.2. The van der Waals surface area contributed by atoms with Crippen LogP contribution in [0.5, 0.6) is 5.75 Å². The van der Waals surface area contributed by atoms with Gasteiger partial charge in [-0.3, -0.25) is 9.59 Å². The Morgan fingerprint density at radius 3 is 2.69 bits per heavy atom. The summed E-state index contributed by atoms with van der Waals surface area (Å²) in [6.45, 7) is -0.100. The van der Waals surface area contributed by atoms with Crippen LogP contribution in [-0.2, 0) is 24.0 Å². The van der Waals surface area contributed by atoms with Crippen LogP contribution in [0, 0.1) is 0 Å². The Hall–Kier alpha value is -3.49. The van der Waals surface area contributed by atoms with E-state index in [4.69, 9.17) is 9.84 Å². The van der Waals surface area contributed by atoms with E-state index >= 15 is 0 Å². The molecule has 1 aromatic heterocycles. The van der Waals surface area contributed by atoms with E-state index in [0.29, 0.717) is 5.75 Å². The van der Waals surface area contributed by atoms with Crippen LogP contribution in [0.3, 0.4) is 0 Å². The summed E-state index contributed by atoms with van der Waals surface area (Å²) >= 11 is 0. The molecule has 1 aliphatic carbocycles. The van der Waals surface area contributed by atoms with Crippen molar-refractivity contribution in [3.8, 4) is 5.75 Å². The second-order valence-electron chi connectivity index (χ2n) is 7.80. The van der Waals surface area contributed by atoms with E-state index < -0.39 is 29.2 Å². The number of aliphatic carboxylic acids is 1. The second kappa shape index (κ2) is 8.22. The van der Waals surface area contributed by atoms with Crippen LogP contribution in [0.2, 0.25) is 0 Å². The lowest BCUT2D eigenvalue weighted by Gasteiger charge is -2.14. The van der Waals surface area contributed by atoms with E-state index in [1.165, 1.54) is 13.1 Å². The standard InChI is InChI=1S/C23H21F3N2O4/c1-27-22(31)16-5-2-12(8-18(16)23(24,25)26)11-32-14-4-7-19-17(10-14)15-6-3-13(9-20(29)30)21(15)28-19/h2,4-5,7-8,10,13,28H,3,6,9,11H2,1H3,(H,27,31)(H,29,30). The number of benzene rings is 2. The van der Waals surface area contributed by atoms with Gasteiger partial charge in [0.1, 0.15) is 12.4 Å². The maximum Gasteiger partial charge on any atom is 0.417 e. The Labute approximate surface area is 181 Å². The third kappa shape index (κ3) is 4.15. The topological polar surface area (TPSA) is 91.4 Å². The van der Waals surface area contributed by atoms with Crippen molar-refractivity contribution in [2.45, 2.75) is 38.0 Å².